The number of halogens is 2. The largest absolute Gasteiger partial charge is 0.295 e. The first-order valence-corrected chi connectivity index (χ1v) is 6.46. The van der Waals surface area contributed by atoms with E-state index in [9.17, 15) is 4.39 Å². The van der Waals surface area contributed by atoms with Crippen LogP contribution in [0.2, 0.25) is 0 Å². The highest BCUT2D eigenvalue weighted by molar-refractivity contribution is 9.09. The molecule has 0 aliphatic carbocycles. The highest BCUT2D eigenvalue weighted by Gasteiger charge is 2.23. The van der Waals surface area contributed by atoms with E-state index in [-0.39, 0.29) is 5.82 Å². The second kappa shape index (κ2) is 5.08. The van der Waals surface area contributed by atoms with Gasteiger partial charge in [0.05, 0.1) is 0 Å². The molecule has 1 saturated heterocycles. The van der Waals surface area contributed by atoms with E-state index in [1.165, 1.54) is 18.9 Å². The Bertz CT molecular complexity index is 329. The SMILES string of the molecule is Fc1cccc(CN2CCCC2CBr)c1. The minimum Gasteiger partial charge on any atom is -0.295 e. The van der Waals surface area contributed by atoms with Crippen molar-refractivity contribution in [1.29, 1.82) is 0 Å². The van der Waals surface area contributed by atoms with Crippen LogP contribution in [0, 0.1) is 5.82 Å². The van der Waals surface area contributed by atoms with Crippen molar-refractivity contribution >= 4 is 15.9 Å². The van der Waals surface area contributed by atoms with Crippen LogP contribution < -0.4 is 0 Å². The zero-order valence-electron chi connectivity index (χ0n) is 8.63. The molecule has 0 N–H and O–H groups in total. The van der Waals surface area contributed by atoms with E-state index in [0.29, 0.717) is 6.04 Å². The fourth-order valence-corrected chi connectivity index (χ4v) is 2.88. The predicted molar refractivity (Wildman–Crippen MR) is 63.6 cm³/mol. The molecule has 1 heterocycles. The van der Waals surface area contributed by atoms with Crippen LogP contribution in [0.5, 0.6) is 0 Å². The van der Waals surface area contributed by atoms with Crippen LogP contribution in [-0.4, -0.2) is 22.8 Å². The Morgan fingerprint density at radius 1 is 1.47 bits per heavy atom. The Morgan fingerprint density at radius 2 is 2.33 bits per heavy atom. The fraction of sp³-hybridized carbons (Fsp3) is 0.500. The topological polar surface area (TPSA) is 3.24 Å². The molecule has 1 aliphatic rings. The van der Waals surface area contributed by atoms with Crippen molar-refractivity contribution in [3.8, 4) is 0 Å². The molecule has 2 rings (SSSR count). The number of hydrogen-bond acceptors (Lipinski definition) is 1. The molecule has 15 heavy (non-hydrogen) atoms. The molecule has 1 atom stereocenters. The Kier molecular flexibility index (Phi) is 3.76. The van der Waals surface area contributed by atoms with Crippen LogP contribution in [0.15, 0.2) is 24.3 Å². The third-order valence-corrected chi connectivity index (χ3v) is 3.70. The van der Waals surface area contributed by atoms with Crippen LogP contribution in [0.1, 0.15) is 18.4 Å². The molecule has 1 aromatic carbocycles. The van der Waals surface area contributed by atoms with Gasteiger partial charge in [-0.15, -0.1) is 0 Å². The second-order valence-electron chi connectivity index (χ2n) is 4.05. The van der Waals surface area contributed by atoms with E-state index in [1.54, 1.807) is 12.1 Å². The van der Waals surface area contributed by atoms with Gasteiger partial charge in [0.2, 0.25) is 0 Å². The first kappa shape index (κ1) is 11.1. The number of rotatable bonds is 3. The van der Waals surface area contributed by atoms with E-state index in [2.05, 4.69) is 20.8 Å². The molecule has 1 unspecified atom stereocenters. The standard InChI is InChI=1S/C12H15BrFN/c13-8-12-5-2-6-15(12)9-10-3-1-4-11(14)7-10/h1,3-4,7,12H,2,5-6,8-9H2. The van der Waals surface area contributed by atoms with Gasteiger partial charge < -0.3 is 0 Å². The second-order valence-corrected chi connectivity index (χ2v) is 4.70. The van der Waals surface area contributed by atoms with Crippen molar-refractivity contribution in [1.82, 2.24) is 4.90 Å². The summed E-state index contributed by atoms with van der Waals surface area (Å²) >= 11 is 3.53. The lowest BCUT2D eigenvalue weighted by Gasteiger charge is -2.22. The van der Waals surface area contributed by atoms with E-state index in [4.69, 9.17) is 0 Å². The maximum Gasteiger partial charge on any atom is 0.123 e. The Hall–Kier alpha value is -0.410. The van der Waals surface area contributed by atoms with Crippen molar-refractivity contribution in [2.45, 2.75) is 25.4 Å². The van der Waals surface area contributed by atoms with Crippen LogP contribution in [-0.2, 0) is 6.54 Å². The lowest BCUT2D eigenvalue weighted by molar-refractivity contribution is 0.264. The summed E-state index contributed by atoms with van der Waals surface area (Å²) in [5.41, 5.74) is 1.07. The van der Waals surface area contributed by atoms with Gasteiger partial charge >= 0.3 is 0 Å². The summed E-state index contributed by atoms with van der Waals surface area (Å²) in [4.78, 5) is 2.42. The molecule has 0 radical (unpaired) electrons. The minimum atomic E-state index is -0.137. The summed E-state index contributed by atoms with van der Waals surface area (Å²) in [6.45, 7) is 2.00. The molecule has 3 heteroatoms. The molecule has 0 amide bonds. The van der Waals surface area contributed by atoms with Crippen molar-refractivity contribution in [2.24, 2.45) is 0 Å². The molecule has 82 valence electrons. The quantitative estimate of drug-likeness (QED) is 0.764. The summed E-state index contributed by atoms with van der Waals surface area (Å²) in [7, 11) is 0. The molecule has 1 aliphatic heterocycles. The normalized spacial score (nSPS) is 22.1. The van der Waals surface area contributed by atoms with Crippen molar-refractivity contribution in [2.75, 3.05) is 11.9 Å². The van der Waals surface area contributed by atoms with Gasteiger partial charge in [-0.1, -0.05) is 28.1 Å². The third kappa shape index (κ3) is 2.79. The molecule has 1 aromatic rings. The van der Waals surface area contributed by atoms with Gasteiger partial charge in [0.15, 0.2) is 0 Å². The molecule has 0 saturated carbocycles. The Balaban J connectivity index is 2.02. The third-order valence-electron chi connectivity index (χ3n) is 2.95. The van der Waals surface area contributed by atoms with Gasteiger partial charge in [-0.05, 0) is 37.1 Å². The van der Waals surface area contributed by atoms with Crippen molar-refractivity contribution < 1.29 is 4.39 Å². The van der Waals surface area contributed by atoms with E-state index < -0.39 is 0 Å². The first-order valence-electron chi connectivity index (χ1n) is 5.34. The summed E-state index contributed by atoms with van der Waals surface area (Å²) in [5, 5.41) is 1.02. The first-order chi connectivity index (χ1) is 7.29. The maximum absolute atomic E-state index is 13.0. The summed E-state index contributed by atoms with van der Waals surface area (Å²) < 4.78 is 13.0. The van der Waals surface area contributed by atoms with Gasteiger partial charge in [-0.25, -0.2) is 4.39 Å². The van der Waals surface area contributed by atoms with Gasteiger partial charge in [0.25, 0.3) is 0 Å². The molecule has 0 aromatic heterocycles. The molecular formula is C12H15BrFN. The van der Waals surface area contributed by atoms with Crippen LogP contribution in [0.25, 0.3) is 0 Å². The Labute approximate surface area is 98.4 Å². The van der Waals surface area contributed by atoms with Crippen LogP contribution in [0.4, 0.5) is 4.39 Å². The number of benzene rings is 1. The molecule has 0 bridgehead atoms. The van der Waals surface area contributed by atoms with Crippen molar-refractivity contribution in [3.05, 3.63) is 35.6 Å². The summed E-state index contributed by atoms with van der Waals surface area (Å²) in [6.07, 6.45) is 2.51. The predicted octanol–water partition coefficient (Wildman–Crippen LogP) is 3.19. The molecule has 1 nitrogen and oxygen atoms in total. The van der Waals surface area contributed by atoms with Crippen LogP contribution >= 0.6 is 15.9 Å². The van der Waals surface area contributed by atoms with Gasteiger partial charge in [-0.2, -0.15) is 0 Å². The minimum absolute atomic E-state index is 0.137. The number of alkyl halides is 1. The highest BCUT2D eigenvalue weighted by Crippen LogP contribution is 2.21. The van der Waals surface area contributed by atoms with Crippen molar-refractivity contribution in [3.63, 3.8) is 0 Å². The lowest BCUT2D eigenvalue weighted by atomic mass is 10.2. The van der Waals surface area contributed by atoms with E-state index in [0.717, 1.165) is 24.0 Å². The summed E-state index contributed by atoms with van der Waals surface area (Å²) in [6, 6.07) is 7.52. The van der Waals surface area contributed by atoms with Gasteiger partial charge in [0, 0.05) is 17.9 Å². The van der Waals surface area contributed by atoms with E-state index >= 15 is 0 Å². The average molecular weight is 272 g/mol. The Morgan fingerprint density at radius 3 is 3.07 bits per heavy atom. The molecule has 0 spiro atoms. The molecule has 1 fully saturated rings. The van der Waals surface area contributed by atoms with Gasteiger partial charge in [0.1, 0.15) is 5.82 Å². The average Bonchev–Trinajstić information content (AvgIpc) is 2.65. The molecular weight excluding hydrogens is 257 g/mol. The number of nitrogens with zero attached hydrogens (tertiary/aromatic N) is 1. The number of hydrogen-bond donors (Lipinski definition) is 0. The monoisotopic (exact) mass is 271 g/mol. The fourth-order valence-electron chi connectivity index (χ4n) is 2.15. The highest BCUT2D eigenvalue weighted by atomic mass is 79.9. The van der Waals surface area contributed by atoms with Crippen LogP contribution in [0.3, 0.4) is 0 Å². The lowest BCUT2D eigenvalue weighted by Crippen LogP contribution is -2.29. The number of likely N-dealkylation sites (tertiary alicyclic amines) is 1. The maximum atomic E-state index is 13.0. The zero-order valence-corrected chi connectivity index (χ0v) is 10.2. The van der Waals surface area contributed by atoms with E-state index in [1.807, 2.05) is 6.07 Å². The smallest absolute Gasteiger partial charge is 0.123 e. The summed E-state index contributed by atoms with van der Waals surface area (Å²) in [5.74, 6) is -0.137. The van der Waals surface area contributed by atoms with Gasteiger partial charge in [-0.3, -0.25) is 4.90 Å². The zero-order chi connectivity index (χ0) is 10.7.